The summed E-state index contributed by atoms with van der Waals surface area (Å²) in [7, 11) is 2.63. The largest absolute Gasteiger partial charge is 0.304 e. The molecule has 0 fully saturated rings. The molecule has 0 aliphatic carbocycles. The van der Waals surface area contributed by atoms with E-state index in [0.29, 0.717) is 0 Å². The summed E-state index contributed by atoms with van der Waals surface area (Å²) in [5.74, 6) is 0. The summed E-state index contributed by atoms with van der Waals surface area (Å²) >= 11 is 0. The van der Waals surface area contributed by atoms with E-state index in [1.165, 1.54) is 24.9 Å². The molecular weight excluding hydrogens is 189 g/mol. The van der Waals surface area contributed by atoms with Gasteiger partial charge in [-0.25, -0.2) is 0 Å². The van der Waals surface area contributed by atoms with E-state index in [9.17, 15) is 0 Å². The molecule has 1 unspecified atom stereocenters. The van der Waals surface area contributed by atoms with Gasteiger partial charge < -0.3 is 4.90 Å². The first-order chi connectivity index (χ1) is 6.74. The van der Waals surface area contributed by atoms with Crippen LogP contribution in [0.4, 0.5) is 0 Å². The number of rotatable bonds is 3. The maximum Gasteiger partial charge on any atom is -0.00474 e. The third kappa shape index (κ3) is 7.06. The van der Waals surface area contributed by atoms with Crippen LogP contribution in [0.25, 0.3) is 0 Å². The van der Waals surface area contributed by atoms with Gasteiger partial charge >= 0.3 is 0 Å². The highest BCUT2D eigenvalue weighted by atomic mass is 31.0. The minimum Gasteiger partial charge on any atom is -0.304 e. The second-order valence-electron chi connectivity index (χ2n) is 3.03. The van der Waals surface area contributed by atoms with Crippen LogP contribution < -0.4 is 5.30 Å². The summed E-state index contributed by atoms with van der Waals surface area (Å²) < 4.78 is 0. The zero-order valence-corrected chi connectivity index (χ0v) is 10.7. The van der Waals surface area contributed by atoms with E-state index in [1.54, 1.807) is 0 Å². The van der Waals surface area contributed by atoms with Gasteiger partial charge in [-0.05, 0) is 24.9 Å². The molecule has 0 amide bonds. The van der Waals surface area contributed by atoms with Gasteiger partial charge in [0.25, 0.3) is 0 Å². The van der Waals surface area contributed by atoms with Crippen molar-refractivity contribution in [2.45, 2.75) is 20.8 Å². The summed E-state index contributed by atoms with van der Waals surface area (Å²) in [6.45, 7) is 10.1. The van der Waals surface area contributed by atoms with E-state index in [1.807, 2.05) is 30.3 Å². The number of nitrogens with zero attached hydrogens (tertiary/aromatic N) is 1. The molecule has 1 rings (SSSR count). The maximum atomic E-state index is 2.63. The Labute approximate surface area is 90.7 Å². The molecular formula is C12H22NP. The molecule has 1 atom stereocenters. The minimum absolute atomic E-state index is 1.19. The Balaban J connectivity index is 0.000000241. The molecule has 0 aromatic heterocycles. The Morgan fingerprint density at radius 2 is 1.36 bits per heavy atom. The van der Waals surface area contributed by atoms with Crippen molar-refractivity contribution in [3.8, 4) is 0 Å². The Bertz CT molecular complexity index is 201. The third-order valence-corrected chi connectivity index (χ3v) is 2.53. The standard InChI is InChI=1S/C6H15N.C6H7P/c1-4-7(5-2)6-3;7-6-4-2-1-3-5-6/h4-6H2,1-3H3;1-5H,7H2. The summed E-state index contributed by atoms with van der Waals surface area (Å²) in [6.07, 6.45) is 0. The third-order valence-electron chi connectivity index (χ3n) is 2.14. The molecule has 0 heterocycles. The van der Waals surface area contributed by atoms with Crippen LogP contribution in [0.1, 0.15) is 20.8 Å². The number of hydrogen-bond acceptors (Lipinski definition) is 1. The topological polar surface area (TPSA) is 3.24 Å². The van der Waals surface area contributed by atoms with Crippen LogP contribution in [0.5, 0.6) is 0 Å². The highest BCUT2D eigenvalue weighted by molar-refractivity contribution is 7.27. The van der Waals surface area contributed by atoms with Crippen molar-refractivity contribution in [3.05, 3.63) is 30.3 Å². The molecule has 1 aromatic carbocycles. The molecule has 80 valence electrons. The second-order valence-corrected chi connectivity index (χ2v) is 3.70. The SMILES string of the molecule is CCN(CC)CC.Pc1ccccc1. The van der Waals surface area contributed by atoms with Crippen molar-refractivity contribution < 1.29 is 0 Å². The van der Waals surface area contributed by atoms with Crippen LogP contribution >= 0.6 is 9.24 Å². The molecule has 0 spiro atoms. The van der Waals surface area contributed by atoms with Crippen LogP contribution in [0.15, 0.2) is 30.3 Å². The van der Waals surface area contributed by atoms with Crippen LogP contribution in [0, 0.1) is 0 Å². The smallest absolute Gasteiger partial charge is 0.00474 e. The zero-order valence-electron chi connectivity index (χ0n) is 9.53. The summed E-state index contributed by atoms with van der Waals surface area (Å²) in [5.41, 5.74) is 0. The van der Waals surface area contributed by atoms with Gasteiger partial charge in [-0.1, -0.05) is 51.1 Å². The molecule has 1 nitrogen and oxygen atoms in total. The normalized spacial score (nSPS) is 9.50. The zero-order chi connectivity index (χ0) is 10.8. The van der Waals surface area contributed by atoms with Gasteiger partial charge in [-0.3, -0.25) is 0 Å². The van der Waals surface area contributed by atoms with Crippen molar-refractivity contribution in [3.63, 3.8) is 0 Å². The molecule has 14 heavy (non-hydrogen) atoms. The van der Waals surface area contributed by atoms with Gasteiger partial charge in [0.1, 0.15) is 0 Å². The lowest BCUT2D eigenvalue weighted by atomic mass is 10.4. The lowest BCUT2D eigenvalue weighted by molar-refractivity contribution is 0.321. The average molecular weight is 211 g/mol. The van der Waals surface area contributed by atoms with Crippen molar-refractivity contribution in [2.75, 3.05) is 19.6 Å². The fraction of sp³-hybridized carbons (Fsp3) is 0.500. The predicted molar refractivity (Wildman–Crippen MR) is 69.2 cm³/mol. The predicted octanol–water partition coefficient (Wildman–Crippen LogP) is 2.54. The van der Waals surface area contributed by atoms with Gasteiger partial charge in [0.05, 0.1) is 0 Å². The minimum atomic E-state index is 1.19. The summed E-state index contributed by atoms with van der Waals surface area (Å²) in [6, 6.07) is 10.1. The molecule has 0 saturated heterocycles. The lowest BCUT2D eigenvalue weighted by Gasteiger charge is -2.13. The number of hydrogen-bond donors (Lipinski definition) is 0. The number of benzene rings is 1. The molecule has 2 heteroatoms. The maximum absolute atomic E-state index is 2.63. The quantitative estimate of drug-likeness (QED) is 0.694. The molecule has 0 saturated carbocycles. The van der Waals surface area contributed by atoms with Crippen LogP contribution in [0.2, 0.25) is 0 Å². The Morgan fingerprint density at radius 3 is 1.50 bits per heavy atom. The second kappa shape index (κ2) is 9.18. The van der Waals surface area contributed by atoms with Gasteiger partial charge in [0.15, 0.2) is 0 Å². The first-order valence-corrected chi connectivity index (χ1v) is 5.85. The summed E-state index contributed by atoms with van der Waals surface area (Å²) in [5, 5.41) is 1.24. The molecule has 0 N–H and O–H groups in total. The fourth-order valence-electron chi connectivity index (χ4n) is 1.12. The van der Waals surface area contributed by atoms with E-state index < -0.39 is 0 Å². The fourth-order valence-corrected chi connectivity index (χ4v) is 1.35. The van der Waals surface area contributed by atoms with Gasteiger partial charge in [-0.2, -0.15) is 0 Å². The van der Waals surface area contributed by atoms with Gasteiger partial charge in [0, 0.05) is 0 Å². The Morgan fingerprint density at radius 1 is 0.929 bits per heavy atom. The van der Waals surface area contributed by atoms with Crippen molar-refractivity contribution >= 4 is 14.5 Å². The molecule has 0 radical (unpaired) electrons. The van der Waals surface area contributed by atoms with E-state index >= 15 is 0 Å². The highest BCUT2D eigenvalue weighted by Crippen LogP contribution is 1.86. The van der Waals surface area contributed by atoms with Gasteiger partial charge in [0.2, 0.25) is 0 Å². The first-order valence-electron chi connectivity index (χ1n) is 5.27. The van der Waals surface area contributed by atoms with Crippen LogP contribution in [0.3, 0.4) is 0 Å². The van der Waals surface area contributed by atoms with Crippen molar-refractivity contribution in [2.24, 2.45) is 0 Å². The van der Waals surface area contributed by atoms with Gasteiger partial charge in [-0.15, -0.1) is 9.24 Å². The van der Waals surface area contributed by atoms with E-state index in [-0.39, 0.29) is 0 Å². The average Bonchev–Trinajstić information content (AvgIpc) is 2.22. The van der Waals surface area contributed by atoms with Crippen molar-refractivity contribution in [1.82, 2.24) is 4.90 Å². The Hall–Kier alpha value is -0.390. The first kappa shape index (κ1) is 13.6. The van der Waals surface area contributed by atoms with Crippen LogP contribution in [-0.4, -0.2) is 24.5 Å². The highest BCUT2D eigenvalue weighted by Gasteiger charge is 1.89. The molecule has 1 aromatic rings. The lowest BCUT2D eigenvalue weighted by Crippen LogP contribution is -2.21. The monoisotopic (exact) mass is 211 g/mol. The van der Waals surface area contributed by atoms with E-state index in [0.717, 1.165) is 0 Å². The molecule has 0 bridgehead atoms. The molecule has 0 aliphatic heterocycles. The van der Waals surface area contributed by atoms with E-state index in [4.69, 9.17) is 0 Å². The van der Waals surface area contributed by atoms with E-state index in [2.05, 4.69) is 34.9 Å². The summed E-state index contributed by atoms with van der Waals surface area (Å²) in [4.78, 5) is 2.38. The molecule has 0 aliphatic rings. The van der Waals surface area contributed by atoms with Crippen LogP contribution in [-0.2, 0) is 0 Å². The van der Waals surface area contributed by atoms with Crippen molar-refractivity contribution in [1.29, 1.82) is 0 Å². The Kier molecular flexibility index (Phi) is 8.92.